The Morgan fingerprint density at radius 1 is 0.967 bits per heavy atom. The first-order valence-corrected chi connectivity index (χ1v) is 10.6. The van der Waals surface area contributed by atoms with E-state index in [1.54, 1.807) is 0 Å². The van der Waals surface area contributed by atoms with Gasteiger partial charge in [-0.2, -0.15) is 0 Å². The van der Waals surface area contributed by atoms with Gasteiger partial charge in [-0.05, 0) is 88.1 Å². The van der Waals surface area contributed by atoms with Gasteiger partial charge >= 0.3 is 0 Å². The van der Waals surface area contributed by atoms with Gasteiger partial charge < -0.3 is 15.0 Å². The molecule has 2 heterocycles. The van der Waals surface area contributed by atoms with Crippen molar-refractivity contribution in [1.29, 1.82) is 0 Å². The maximum atomic E-state index is 13.1. The van der Waals surface area contributed by atoms with Crippen molar-refractivity contribution in [3.8, 4) is 5.75 Å². The van der Waals surface area contributed by atoms with Crippen LogP contribution in [0, 0.1) is 5.82 Å². The molecule has 4 rings (SSSR count). The number of piperidine rings is 1. The molecule has 30 heavy (non-hydrogen) atoms. The highest BCUT2D eigenvalue weighted by Crippen LogP contribution is 2.37. The number of ether oxygens (including phenoxy) is 1. The molecule has 158 valence electrons. The van der Waals surface area contributed by atoms with Crippen LogP contribution in [0.3, 0.4) is 0 Å². The molecule has 2 aliphatic heterocycles. The SMILES string of the molecule is CC(C)Oc1ccc(C(=O)N2C3CCC2CC(NC(=O)c2ccc(F)cc2)C3)cc1. The van der Waals surface area contributed by atoms with E-state index in [1.807, 2.05) is 43.0 Å². The number of benzene rings is 2. The summed E-state index contributed by atoms with van der Waals surface area (Å²) in [6.07, 6.45) is 3.47. The minimum atomic E-state index is -0.361. The lowest BCUT2D eigenvalue weighted by molar-refractivity contribution is 0.0549. The van der Waals surface area contributed by atoms with Gasteiger partial charge in [-0.1, -0.05) is 0 Å². The van der Waals surface area contributed by atoms with Crippen molar-refractivity contribution in [3.05, 3.63) is 65.5 Å². The number of amides is 2. The zero-order chi connectivity index (χ0) is 21.3. The van der Waals surface area contributed by atoms with Crippen LogP contribution in [0.1, 0.15) is 60.2 Å². The van der Waals surface area contributed by atoms with Gasteiger partial charge in [0.15, 0.2) is 0 Å². The summed E-state index contributed by atoms with van der Waals surface area (Å²) in [4.78, 5) is 27.6. The summed E-state index contributed by atoms with van der Waals surface area (Å²) in [6, 6.07) is 13.2. The molecular formula is C24H27FN2O3. The van der Waals surface area contributed by atoms with Crippen LogP contribution in [0.25, 0.3) is 0 Å². The fourth-order valence-corrected chi connectivity index (χ4v) is 4.59. The second-order valence-corrected chi connectivity index (χ2v) is 8.44. The van der Waals surface area contributed by atoms with Gasteiger partial charge in [0.25, 0.3) is 11.8 Å². The molecule has 5 nitrogen and oxygen atoms in total. The third-order valence-corrected chi connectivity index (χ3v) is 5.88. The van der Waals surface area contributed by atoms with Crippen molar-refractivity contribution >= 4 is 11.8 Å². The summed E-state index contributed by atoms with van der Waals surface area (Å²) < 4.78 is 18.7. The molecule has 0 saturated carbocycles. The van der Waals surface area contributed by atoms with Crippen molar-refractivity contribution in [2.45, 2.75) is 63.8 Å². The maximum absolute atomic E-state index is 13.1. The number of halogens is 1. The topological polar surface area (TPSA) is 58.6 Å². The molecule has 6 heteroatoms. The van der Waals surface area contributed by atoms with Crippen LogP contribution in [-0.2, 0) is 0 Å². The number of nitrogens with one attached hydrogen (secondary N) is 1. The minimum absolute atomic E-state index is 0.0194. The van der Waals surface area contributed by atoms with Gasteiger partial charge in [-0.3, -0.25) is 9.59 Å². The Labute approximate surface area is 176 Å². The summed E-state index contributed by atoms with van der Waals surface area (Å²) in [7, 11) is 0. The molecule has 2 atom stereocenters. The fraction of sp³-hybridized carbons (Fsp3) is 0.417. The largest absolute Gasteiger partial charge is 0.491 e. The number of hydrogen-bond donors (Lipinski definition) is 1. The standard InChI is InChI=1S/C24H27FN2O3/c1-15(2)30-22-11-5-17(6-12-22)24(29)27-20-9-10-21(27)14-19(13-20)26-23(28)16-3-7-18(25)8-4-16/h3-8,11-12,15,19-21H,9-10,13-14H2,1-2H3,(H,26,28). The van der Waals surface area contributed by atoms with E-state index in [9.17, 15) is 14.0 Å². The molecule has 2 amide bonds. The van der Waals surface area contributed by atoms with Crippen molar-refractivity contribution < 1.29 is 18.7 Å². The van der Waals surface area contributed by atoms with Gasteiger partial charge in [-0.25, -0.2) is 4.39 Å². The molecule has 0 aromatic heterocycles. The first-order valence-electron chi connectivity index (χ1n) is 10.6. The van der Waals surface area contributed by atoms with Crippen molar-refractivity contribution in [1.82, 2.24) is 10.2 Å². The molecule has 0 radical (unpaired) electrons. The number of rotatable bonds is 5. The van der Waals surface area contributed by atoms with Gasteiger partial charge in [0.05, 0.1) is 6.10 Å². The number of hydrogen-bond acceptors (Lipinski definition) is 3. The normalized spacial score (nSPS) is 22.8. The zero-order valence-electron chi connectivity index (χ0n) is 17.3. The first kappa shape index (κ1) is 20.4. The van der Waals surface area contributed by atoms with Crippen LogP contribution in [0.4, 0.5) is 4.39 Å². The second kappa shape index (κ2) is 8.46. The average molecular weight is 410 g/mol. The highest BCUT2D eigenvalue weighted by molar-refractivity contribution is 5.95. The van der Waals surface area contributed by atoms with E-state index in [1.165, 1.54) is 24.3 Å². The quantitative estimate of drug-likeness (QED) is 0.805. The van der Waals surface area contributed by atoms with Gasteiger partial charge in [0.2, 0.25) is 0 Å². The monoisotopic (exact) mass is 410 g/mol. The number of nitrogens with zero attached hydrogens (tertiary/aromatic N) is 1. The summed E-state index contributed by atoms with van der Waals surface area (Å²) in [5.41, 5.74) is 1.11. The molecule has 0 aliphatic carbocycles. The molecule has 2 aliphatic rings. The van der Waals surface area contributed by atoms with E-state index in [4.69, 9.17) is 4.74 Å². The Bertz CT molecular complexity index is 897. The summed E-state index contributed by atoms with van der Waals surface area (Å²) in [5, 5.41) is 3.06. The molecular weight excluding hydrogens is 383 g/mol. The van der Waals surface area contributed by atoms with Crippen LogP contribution < -0.4 is 10.1 Å². The number of carbonyl (C=O) groups excluding carboxylic acids is 2. The zero-order valence-corrected chi connectivity index (χ0v) is 17.3. The molecule has 2 unspecified atom stereocenters. The highest BCUT2D eigenvalue weighted by Gasteiger charge is 2.43. The van der Waals surface area contributed by atoms with Gasteiger partial charge in [0.1, 0.15) is 11.6 Å². The Kier molecular flexibility index (Phi) is 5.75. The molecule has 2 saturated heterocycles. The summed E-state index contributed by atoms with van der Waals surface area (Å²) in [6.45, 7) is 3.94. The molecule has 2 fully saturated rings. The van der Waals surface area contributed by atoms with Crippen LogP contribution in [0.15, 0.2) is 48.5 Å². The van der Waals surface area contributed by atoms with Gasteiger partial charge in [0, 0.05) is 29.3 Å². The van der Waals surface area contributed by atoms with Crippen LogP contribution >= 0.6 is 0 Å². The van der Waals surface area contributed by atoms with Crippen molar-refractivity contribution in [2.24, 2.45) is 0 Å². The van der Waals surface area contributed by atoms with Gasteiger partial charge in [-0.15, -0.1) is 0 Å². The van der Waals surface area contributed by atoms with Crippen LogP contribution in [0.2, 0.25) is 0 Å². The molecule has 0 spiro atoms. The second-order valence-electron chi connectivity index (χ2n) is 8.44. The lowest BCUT2D eigenvalue weighted by Gasteiger charge is -2.39. The highest BCUT2D eigenvalue weighted by atomic mass is 19.1. The van der Waals surface area contributed by atoms with E-state index in [0.29, 0.717) is 11.1 Å². The Morgan fingerprint density at radius 3 is 2.10 bits per heavy atom. The first-order chi connectivity index (χ1) is 14.4. The predicted molar refractivity (Wildman–Crippen MR) is 112 cm³/mol. The van der Waals surface area contributed by atoms with E-state index < -0.39 is 0 Å². The smallest absolute Gasteiger partial charge is 0.254 e. The number of carbonyl (C=O) groups is 2. The number of fused-ring (bicyclic) bond motifs is 2. The predicted octanol–water partition coefficient (Wildman–Crippen LogP) is 4.18. The van der Waals surface area contributed by atoms with E-state index in [-0.39, 0.29) is 41.9 Å². The average Bonchev–Trinajstić information content (AvgIpc) is 2.98. The van der Waals surface area contributed by atoms with E-state index >= 15 is 0 Å². The minimum Gasteiger partial charge on any atom is -0.491 e. The van der Waals surface area contributed by atoms with E-state index in [0.717, 1.165) is 31.4 Å². The van der Waals surface area contributed by atoms with Crippen LogP contribution in [0.5, 0.6) is 5.75 Å². The van der Waals surface area contributed by atoms with Crippen molar-refractivity contribution in [2.75, 3.05) is 0 Å². The van der Waals surface area contributed by atoms with Crippen LogP contribution in [-0.4, -0.2) is 40.9 Å². The lowest BCUT2D eigenvalue weighted by atomic mass is 9.96. The maximum Gasteiger partial charge on any atom is 0.254 e. The molecule has 2 bridgehead atoms. The molecule has 2 aromatic rings. The Morgan fingerprint density at radius 2 is 1.53 bits per heavy atom. The fourth-order valence-electron chi connectivity index (χ4n) is 4.59. The summed E-state index contributed by atoms with van der Waals surface area (Å²) in [5.74, 6) is 0.244. The van der Waals surface area contributed by atoms with E-state index in [2.05, 4.69) is 5.32 Å². The summed E-state index contributed by atoms with van der Waals surface area (Å²) >= 11 is 0. The lowest BCUT2D eigenvalue weighted by Crippen LogP contribution is -2.52. The Balaban J connectivity index is 1.39. The third-order valence-electron chi connectivity index (χ3n) is 5.88. The Hall–Kier alpha value is -2.89. The molecule has 1 N–H and O–H groups in total. The van der Waals surface area contributed by atoms with Crippen molar-refractivity contribution in [3.63, 3.8) is 0 Å². The molecule has 2 aromatic carbocycles. The third kappa shape index (κ3) is 4.32.